The molecule has 1 aliphatic rings. The predicted octanol–water partition coefficient (Wildman–Crippen LogP) is 0.911. The van der Waals surface area contributed by atoms with E-state index in [9.17, 15) is 4.79 Å². The summed E-state index contributed by atoms with van der Waals surface area (Å²) >= 11 is 0. The van der Waals surface area contributed by atoms with Crippen LogP contribution < -0.4 is 5.73 Å². The molecule has 1 amide bonds. The quantitative estimate of drug-likeness (QED) is 0.778. The Hall–Kier alpha value is -1.84. The summed E-state index contributed by atoms with van der Waals surface area (Å²) in [6, 6.07) is 9.63. The number of nitrogens with two attached hydrogens (primary N) is 1. The van der Waals surface area contributed by atoms with E-state index in [-0.39, 0.29) is 5.92 Å². The van der Waals surface area contributed by atoms with Gasteiger partial charge in [0.1, 0.15) is 0 Å². The molecule has 0 fully saturated rings. The highest BCUT2D eigenvalue weighted by Gasteiger charge is 2.35. The second-order valence-corrected chi connectivity index (χ2v) is 3.56. The molecule has 0 aromatic heterocycles. The molecular formula is C11H12N2O2. The number of oxime groups is 1. The standard InChI is InChI=1S/C11H12N2O2/c1-7-9(8-5-3-2-4-6-8)13-15-10(7)11(12)14/h2-7,10H,1H3,(H2,12,14)/t7-,10-/m1/s1. The Morgan fingerprint density at radius 2 is 2.07 bits per heavy atom. The van der Waals surface area contributed by atoms with Crippen molar-refractivity contribution >= 4 is 11.6 Å². The van der Waals surface area contributed by atoms with Crippen LogP contribution in [0.1, 0.15) is 12.5 Å². The number of rotatable bonds is 2. The van der Waals surface area contributed by atoms with Gasteiger partial charge in [0.05, 0.1) is 11.6 Å². The van der Waals surface area contributed by atoms with E-state index in [1.54, 1.807) is 0 Å². The number of hydrogen-bond donors (Lipinski definition) is 1. The van der Waals surface area contributed by atoms with E-state index in [1.165, 1.54) is 0 Å². The van der Waals surface area contributed by atoms with Crippen LogP contribution in [0.15, 0.2) is 35.5 Å². The topological polar surface area (TPSA) is 64.7 Å². The molecule has 78 valence electrons. The summed E-state index contributed by atoms with van der Waals surface area (Å²) in [5, 5.41) is 3.91. The van der Waals surface area contributed by atoms with E-state index in [1.807, 2.05) is 37.3 Å². The van der Waals surface area contributed by atoms with E-state index in [0.717, 1.165) is 11.3 Å². The molecule has 0 bridgehead atoms. The zero-order chi connectivity index (χ0) is 10.8. The van der Waals surface area contributed by atoms with Crippen molar-refractivity contribution < 1.29 is 9.63 Å². The van der Waals surface area contributed by atoms with Crippen LogP contribution in [0.25, 0.3) is 0 Å². The third kappa shape index (κ3) is 1.70. The lowest BCUT2D eigenvalue weighted by atomic mass is 9.94. The van der Waals surface area contributed by atoms with Gasteiger partial charge >= 0.3 is 0 Å². The van der Waals surface area contributed by atoms with E-state index in [4.69, 9.17) is 10.6 Å². The van der Waals surface area contributed by atoms with Crippen LogP contribution >= 0.6 is 0 Å². The number of primary amides is 1. The Balaban J connectivity index is 2.24. The normalized spacial score (nSPS) is 24.5. The average Bonchev–Trinajstić information content (AvgIpc) is 2.61. The fourth-order valence-corrected chi connectivity index (χ4v) is 1.65. The second-order valence-electron chi connectivity index (χ2n) is 3.56. The van der Waals surface area contributed by atoms with Gasteiger partial charge in [-0.3, -0.25) is 4.79 Å². The summed E-state index contributed by atoms with van der Waals surface area (Å²) in [5.41, 5.74) is 6.93. The van der Waals surface area contributed by atoms with Crippen molar-refractivity contribution in [3.63, 3.8) is 0 Å². The highest BCUT2D eigenvalue weighted by atomic mass is 16.6. The first-order valence-corrected chi connectivity index (χ1v) is 4.78. The van der Waals surface area contributed by atoms with Crippen molar-refractivity contribution in [1.29, 1.82) is 0 Å². The van der Waals surface area contributed by atoms with Gasteiger partial charge in [0.15, 0.2) is 0 Å². The fourth-order valence-electron chi connectivity index (χ4n) is 1.65. The molecule has 2 atom stereocenters. The second kappa shape index (κ2) is 3.73. The van der Waals surface area contributed by atoms with Crippen LogP contribution in [-0.2, 0) is 9.63 Å². The van der Waals surface area contributed by atoms with Crippen molar-refractivity contribution in [2.24, 2.45) is 16.8 Å². The maximum absolute atomic E-state index is 11.0. The van der Waals surface area contributed by atoms with Crippen molar-refractivity contribution in [1.82, 2.24) is 0 Å². The van der Waals surface area contributed by atoms with Crippen LogP contribution in [-0.4, -0.2) is 17.7 Å². The Morgan fingerprint density at radius 3 is 2.60 bits per heavy atom. The summed E-state index contributed by atoms with van der Waals surface area (Å²) in [6.45, 7) is 1.88. The van der Waals surface area contributed by atoms with Gasteiger partial charge in [0.25, 0.3) is 5.91 Å². The molecule has 0 saturated carbocycles. The van der Waals surface area contributed by atoms with Gasteiger partial charge < -0.3 is 10.6 Å². The third-order valence-electron chi connectivity index (χ3n) is 2.50. The fraction of sp³-hybridized carbons (Fsp3) is 0.273. The largest absolute Gasteiger partial charge is 0.381 e. The lowest BCUT2D eigenvalue weighted by molar-refractivity contribution is -0.129. The smallest absolute Gasteiger partial charge is 0.262 e. The maximum atomic E-state index is 11.0. The first-order valence-electron chi connectivity index (χ1n) is 4.78. The predicted molar refractivity (Wildman–Crippen MR) is 56.2 cm³/mol. The first-order chi connectivity index (χ1) is 7.20. The van der Waals surface area contributed by atoms with E-state index < -0.39 is 12.0 Å². The minimum Gasteiger partial charge on any atom is -0.381 e. The Morgan fingerprint density at radius 1 is 1.40 bits per heavy atom. The van der Waals surface area contributed by atoms with Crippen LogP contribution in [0.5, 0.6) is 0 Å². The molecule has 15 heavy (non-hydrogen) atoms. The van der Waals surface area contributed by atoms with Crippen LogP contribution in [0, 0.1) is 5.92 Å². The van der Waals surface area contributed by atoms with Crippen molar-refractivity contribution in [2.75, 3.05) is 0 Å². The first kappa shape index (κ1) is 9.71. The third-order valence-corrected chi connectivity index (χ3v) is 2.50. The summed E-state index contributed by atoms with van der Waals surface area (Å²) in [6.07, 6.45) is -0.639. The number of carbonyl (C=O) groups is 1. The molecule has 0 spiro atoms. The minimum absolute atomic E-state index is 0.0927. The molecule has 0 saturated heterocycles. The number of nitrogens with zero attached hydrogens (tertiary/aromatic N) is 1. The van der Waals surface area contributed by atoms with Crippen molar-refractivity contribution in [3.8, 4) is 0 Å². The average molecular weight is 204 g/mol. The Labute approximate surface area is 87.7 Å². The molecule has 4 heteroatoms. The number of amides is 1. The van der Waals surface area contributed by atoms with E-state index in [0.29, 0.717) is 0 Å². The zero-order valence-corrected chi connectivity index (χ0v) is 8.38. The monoisotopic (exact) mass is 204 g/mol. The van der Waals surface area contributed by atoms with Gasteiger partial charge in [-0.25, -0.2) is 0 Å². The molecule has 1 aromatic carbocycles. The summed E-state index contributed by atoms with van der Waals surface area (Å²) in [7, 11) is 0. The highest BCUT2D eigenvalue weighted by Crippen LogP contribution is 2.22. The van der Waals surface area contributed by atoms with Gasteiger partial charge in [0, 0.05) is 0 Å². The molecule has 1 heterocycles. The van der Waals surface area contributed by atoms with E-state index in [2.05, 4.69) is 5.16 Å². The maximum Gasteiger partial charge on any atom is 0.262 e. The zero-order valence-electron chi connectivity index (χ0n) is 8.38. The van der Waals surface area contributed by atoms with Crippen molar-refractivity contribution in [2.45, 2.75) is 13.0 Å². The Kier molecular flexibility index (Phi) is 2.41. The molecule has 0 aliphatic carbocycles. The van der Waals surface area contributed by atoms with Crippen LogP contribution in [0.4, 0.5) is 0 Å². The highest BCUT2D eigenvalue weighted by molar-refractivity contribution is 6.05. The number of carbonyl (C=O) groups excluding carboxylic acids is 1. The molecule has 2 N–H and O–H groups in total. The lowest BCUT2D eigenvalue weighted by Gasteiger charge is -2.10. The number of hydrogen-bond acceptors (Lipinski definition) is 3. The van der Waals surface area contributed by atoms with Crippen molar-refractivity contribution in [3.05, 3.63) is 35.9 Å². The van der Waals surface area contributed by atoms with Gasteiger partial charge in [-0.2, -0.15) is 0 Å². The van der Waals surface area contributed by atoms with Crippen LogP contribution in [0.3, 0.4) is 0 Å². The molecule has 0 unspecified atom stereocenters. The summed E-state index contributed by atoms with van der Waals surface area (Å²) in [5.74, 6) is -0.568. The van der Waals surface area contributed by atoms with Gasteiger partial charge in [-0.1, -0.05) is 42.4 Å². The van der Waals surface area contributed by atoms with Gasteiger partial charge in [0.2, 0.25) is 6.10 Å². The number of benzene rings is 1. The SMILES string of the molecule is C[C@@H]1C(c2ccccc2)=NO[C@H]1C(N)=O. The summed E-state index contributed by atoms with van der Waals surface area (Å²) < 4.78 is 0. The lowest BCUT2D eigenvalue weighted by Crippen LogP contribution is -2.34. The van der Waals surface area contributed by atoms with Crippen LogP contribution in [0.2, 0.25) is 0 Å². The molecule has 1 aromatic rings. The molecule has 4 nitrogen and oxygen atoms in total. The Bertz CT molecular complexity index is 400. The molecular weight excluding hydrogens is 192 g/mol. The molecule has 1 aliphatic heterocycles. The molecule has 2 rings (SSSR count). The van der Waals surface area contributed by atoms with Gasteiger partial charge in [-0.05, 0) is 5.56 Å². The molecule has 0 radical (unpaired) electrons. The minimum atomic E-state index is -0.639. The van der Waals surface area contributed by atoms with E-state index >= 15 is 0 Å². The van der Waals surface area contributed by atoms with Gasteiger partial charge in [-0.15, -0.1) is 0 Å². The summed E-state index contributed by atoms with van der Waals surface area (Å²) in [4.78, 5) is 16.0.